The maximum absolute atomic E-state index is 12.4. The summed E-state index contributed by atoms with van der Waals surface area (Å²) in [5, 5.41) is 13.5. The fraction of sp³-hybridized carbons (Fsp3) is 0.318. The fourth-order valence-corrected chi connectivity index (χ4v) is 3.34. The third-order valence-electron chi connectivity index (χ3n) is 5.30. The molecule has 2 aromatic carbocycles. The van der Waals surface area contributed by atoms with Gasteiger partial charge in [0.1, 0.15) is 0 Å². The number of anilines is 2. The zero-order valence-corrected chi connectivity index (χ0v) is 17.5. The highest BCUT2D eigenvalue weighted by Gasteiger charge is 2.36. The van der Waals surface area contributed by atoms with E-state index in [1.165, 1.54) is 18.2 Å². The van der Waals surface area contributed by atoms with Gasteiger partial charge in [-0.25, -0.2) is 0 Å². The van der Waals surface area contributed by atoms with Crippen LogP contribution in [0.1, 0.15) is 23.1 Å². The van der Waals surface area contributed by atoms with Crippen molar-refractivity contribution in [2.75, 3.05) is 23.4 Å². The van der Waals surface area contributed by atoms with Crippen molar-refractivity contribution in [3.05, 3.63) is 63.2 Å². The summed E-state index contributed by atoms with van der Waals surface area (Å²) in [6, 6.07) is 9.94. The summed E-state index contributed by atoms with van der Waals surface area (Å²) in [7, 11) is 0. The van der Waals surface area contributed by atoms with Gasteiger partial charge in [0.15, 0.2) is 6.61 Å². The molecular formula is C22H23N3O6. The molecule has 0 bridgehead atoms. The van der Waals surface area contributed by atoms with E-state index in [2.05, 4.69) is 5.32 Å². The van der Waals surface area contributed by atoms with E-state index >= 15 is 0 Å². The molecule has 1 aliphatic heterocycles. The van der Waals surface area contributed by atoms with Crippen LogP contribution in [0.4, 0.5) is 17.1 Å². The Balaban J connectivity index is 1.55. The number of benzene rings is 2. The zero-order chi connectivity index (χ0) is 22.7. The maximum Gasteiger partial charge on any atom is 0.311 e. The predicted octanol–water partition coefficient (Wildman–Crippen LogP) is 3.05. The Bertz CT molecular complexity index is 1070. The number of amides is 2. The molecule has 9 heteroatoms. The molecule has 1 aliphatic rings. The Morgan fingerprint density at radius 2 is 1.84 bits per heavy atom. The quantitative estimate of drug-likeness (QED) is 0.432. The second-order valence-electron chi connectivity index (χ2n) is 7.59. The van der Waals surface area contributed by atoms with Crippen LogP contribution in [-0.2, 0) is 19.1 Å². The van der Waals surface area contributed by atoms with E-state index in [0.29, 0.717) is 5.56 Å². The number of carbonyl (C=O) groups excluding carboxylic acids is 3. The van der Waals surface area contributed by atoms with Gasteiger partial charge in [-0.05, 0) is 50.1 Å². The van der Waals surface area contributed by atoms with Crippen molar-refractivity contribution in [1.82, 2.24) is 0 Å². The lowest BCUT2D eigenvalue weighted by atomic mass is 10.1. The first kappa shape index (κ1) is 21.9. The van der Waals surface area contributed by atoms with Crippen molar-refractivity contribution in [2.24, 2.45) is 5.92 Å². The highest BCUT2D eigenvalue weighted by Crippen LogP contribution is 2.27. The molecule has 31 heavy (non-hydrogen) atoms. The summed E-state index contributed by atoms with van der Waals surface area (Å²) in [4.78, 5) is 48.8. The molecule has 1 fully saturated rings. The van der Waals surface area contributed by atoms with Gasteiger partial charge in [-0.2, -0.15) is 0 Å². The van der Waals surface area contributed by atoms with E-state index in [9.17, 15) is 24.5 Å². The lowest BCUT2D eigenvalue weighted by Crippen LogP contribution is -2.28. The minimum Gasteiger partial charge on any atom is -0.455 e. The van der Waals surface area contributed by atoms with Gasteiger partial charge < -0.3 is 15.0 Å². The summed E-state index contributed by atoms with van der Waals surface area (Å²) in [6.07, 6.45) is 0.0114. The standard InChI is InChI=1S/C22H23N3O6/c1-13-5-7-18(8-15(13)3)24-11-16(9-21(24)27)22(28)31-12-20(26)23-17-6-4-14(2)19(10-17)25(29)30/h4-8,10,16H,9,11-12H2,1-3H3,(H,23,26)/t16-/m1/s1. The van der Waals surface area contributed by atoms with E-state index in [4.69, 9.17) is 4.74 Å². The Morgan fingerprint density at radius 3 is 2.52 bits per heavy atom. The minimum absolute atomic E-state index is 0.0114. The lowest BCUT2D eigenvalue weighted by molar-refractivity contribution is -0.385. The van der Waals surface area contributed by atoms with Crippen LogP contribution in [-0.4, -0.2) is 35.9 Å². The molecule has 1 heterocycles. The molecule has 162 valence electrons. The van der Waals surface area contributed by atoms with Gasteiger partial charge in [-0.1, -0.05) is 12.1 Å². The molecule has 0 aromatic heterocycles. The van der Waals surface area contributed by atoms with Crippen LogP contribution in [0, 0.1) is 36.8 Å². The number of rotatable bonds is 6. The molecule has 0 radical (unpaired) electrons. The summed E-state index contributed by atoms with van der Waals surface area (Å²) in [6.45, 7) is 5.16. The molecule has 0 aliphatic carbocycles. The van der Waals surface area contributed by atoms with Gasteiger partial charge in [0.25, 0.3) is 11.6 Å². The summed E-state index contributed by atoms with van der Waals surface area (Å²) in [5.41, 5.74) is 3.46. The molecule has 0 saturated carbocycles. The Morgan fingerprint density at radius 1 is 1.13 bits per heavy atom. The first-order valence-corrected chi connectivity index (χ1v) is 9.75. The molecular weight excluding hydrogens is 402 g/mol. The van der Waals surface area contributed by atoms with Crippen LogP contribution in [0.5, 0.6) is 0 Å². The number of nitro groups is 1. The van der Waals surface area contributed by atoms with Crippen molar-refractivity contribution in [3.8, 4) is 0 Å². The number of nitrogens with one attached hydrogen (secondary N) is 1. The summed E-state index contributed by atoms with van der Waals surface area (Å²) in [5.74, 6) is -2.10. The van der Waals surface area contributed by atoms with Crippen molar-refractivity contribution >= 4 is 34.8 Å². The Kier molecular flexibility index (Phi) is 6.33. The van der Waals surface area contributed by atoms with Crippen molar-refractivity contribution in [1.29, 1.82) is 0 Å². The van der Waals surface area contributed by atoms with Crippen LogP contribution in [0.25, 0.3) is 0 Å². The van der Waals surface area contributed by atoms with E-state index in [0.717, 1.165) is 16.8 Å². The number of carbonyl (C=O) groups is 3. The SMILES string of the molecule is Cc1ccc(N2C[C@H](C(=O)OCC(=O)Nc3ccc(C)c([N+](=O)[O-])c3)CC2=O)cc1C. The molecule has 2 amide bonds. The monoisotopic (exact) mass is 425 g/mol. The van der Waals surface area contributed by atoms with E-state index in [1.54, 1.807) is 11.8 Å². The number of hydrogen-bond donors (Lipinski definition) is 1. The van der Waals surface area contributed by atoms with Gasteiger partial charge in [0.05, 0.1) is 10.8 Å². The van der Waals surface area contributed by atoms with Crippen LogP contribution in [0.3, 0.4) is 0 Å². The van der Waals surface area contributed by atoms with Crippen LogP contribution in [0.15, 0.2) is 36.4 Å². The summed E-state index contributed by atoms with van der Waals surface area (Å²) >= 11 is 0. The Labute approximate surface area is 179 Å². The summed E-state index contributed by atoms with van der Waals surface area (Å²) < 4.78 is 5.07. The fourth-order valence-electron chi connectivity index (χ4n) is 3.34. The van der Waals surface area contributed by atoms with Gasteiger partial charge >= 0.3 is 5.97 Å². The molecule has 3 rings (SSSR count). The van der Waals surface area contributed by atoms with E-state index < -0.39 is 29.3 Å². The van der Waals surface area contributed by atoms with Gasteiger partial charge in [0, 0.05) is 36.0 Å². The number of aryl methyl sites for hydroxylation is 3. The molecule has 0 spiro atoms. The topological polar surface area (TPSA) is 119 Å². The van der Waals surface area contributed by atoms with Gasteiger partial charge in [-0.3, -0.25) is 24.5 Å². The first-order valence-electron chi connectivity index (χ1n) is 9.75. The highest BCUT2D eigenvalue weighted by atomic mass is 16.6. The lowest BCUT2D eigenvalue weighted by Gasteiger charge is -2.17. The van der Waals surface area contributed by atoms with Gasteiger partial charge in [-0.15, -0.1) is 0 Å². The van der Waals surface area contributed by atoms with E-state index in [1.807, 2.05) is 32.0 Å². The molecule has 1 atom stereocenters. The number of nitrogens with zero attached hydrogens (tertiary/aromatic N) is 2. The number of ether oxygens (including phenoxy) is 1. The predicted molar refractivity (Wildman–Crippen MR) is 114 cm³/mol. The highest BCUT2D eigenvalue weighted by molar-refractivity contribution is 6.00. The second kappa shape index (κ2) is 8.95. The molecule has 1 saturated heterocycles. The minimum atomic E-state index is -0.664. The molecule has 9 nitrogen and oxygen atoms in total. The zero-order valence-electron chi connectivity index (χ0n) is 17.5. The third kappa shape index (κ3) is 5.06. The van der Waals surface area contributed by atoms with Crippen molar-refractivity contribution in [2.45, 2.75) is 27.2 Å². The average molecular weight is 425 g/mol. The smallest absolute Gasteiger partial charge is 0.311 e. The van der Waals surface area contributed by atoms with Crippen LogP contribution < -0.4 is 10.2 Å². The van der Waals surface area contributed by atoms with Crippen LogP contribution >= 0.6 is 0 Å². The number of hydrogen-bond acceptors (Lipinski definition) is 6. The van der Waals surface area contributed by atoms with Crippen molar-refractivity contribution < 1.29 is 24.0 Å². The third-order valence-corrected chi connectivity index (χ3v) is 5.30. The van der Waals surface area contributed by atoms with Crippen molar-refractivity contribution in [3.63, 3.8) is 0 Å². The van der Waals surface area contributed by atoms with E-state index in [-0.39, 0.29) is 30.2 Å². The van der Waals surface area contributed by atoms with Crippen LogP contribution in [0.2, 0.25) is 0 Å². The number of esters is 1. The first-order chi connectivity index (χ1) is 14.7. The normalized spacial score (nSPS) is 15.6. The maximum atomic E-state index is 12.4. The van der Waals surface area contributed by atoms with Gasteiger partial charge in [0.2, 0.25) is 5.91 Å². The number of nitro benzene ring substituents is 1. The second-order valence-corrected chi connectivity index (χ2v) is 7.59. The molecule has 1 N–H and O–H groups in total. The molecule has 2 aromatic rings. The Hall–Kier alpha value is -3.75. The average Bonchev–Trinajstić information content (AvgIpc) is 3.11. The molecule has 0 unspecified atom stereocenters. The largest absolute Gasteiger partial charge is 0.455 e.